The minimum Gasteiger partial charge on any atom is -0.458 e. The molecule has 7 heteroatoms. The first-order chi connectivity index (χ1) is 20.9. The average molecular weight is 589 g/mol. The number of carbonyl (C=O) groups is 1. The van der Waals surface area contributed by atoms with Gasteiger partial charge in [0.05, 0.1) is 22.8 Å². The standard InChI is InChI=1S/C36H32N2O4S/c1-23-16-18-26(19-17-23)43(40,41)38-33-28-21-37(20-24-10-4-2-5-11-24)22-29(28)35(39)32(33)31(25-12-6-3-7-13-25)36-34(38)27-14-8-9-15-30(27)42-36/h2-19,28-29,31-33H,20-22H2,1H3/t28-,29+,31-,32+,33+/m0/s1. The predicted octanol–water partition coefficient (Wildman–Crippen LogP) is 6.40. The molecule has 1 aliphatic carbocycles. The molecule has 43 heavy (non-hydrogen) atoms. The van der Waals surface area contributed by atoms with Crippen LogP contribution in [0.3, 0.4) is 0 Å². The zero-order valence-electron chi connectivity index (χ0n) is 23.8. The van der Waals surface area contributed by atoms with Gasteiger partial charge in [-0.15, -0.1) is 0 Å². The molecule has 2 fully saturated rings. The van der Waals surface area contributed by atoms with Crippen LogP contribution in [-0.4, -0.2) is 38.2 Å². The van der Waals surface area contributed by atoms with Crippen LogP contribution in [0.1, 0.15) is 28.4 Å². The number of Topliss-reactive ketones (excluding diaryl/α,β-unsaturated/α-hetero) is 1. The number of benzene rings is 4. The van der Waals surface area contributed by atoms with E-state index in [4.69, 9.17) is 4.42 Å². The third-order valence-corrected chi connectivity index (χ3v) is 11.5. The molecule has 6 nitrogen and oxygen atoms in total. The van der Waals surface area contributed by atoms with Crippen molar-refractivity contribution >= 4 is 32.5 Å². The summed E-state index contributed by atoms with van der Waals surface area (Å²) in [7, 11) is -4.05. The van der Waals surface area contributed by atoms with E-state index in [-0.39, 0.29) is 28.4 Å². The fourth-order valence-corrected chi connectivity index (χ4v) is 9.56. The van der Waals surface area contributed by atoms with Gasteiger partial charge in [0.2, 0.25) is 0 Å². The van der Waals surface area contributed by atoms with E-state index >= 15 is 0 Å². The molecule has 5 atom stereocenters. The van der Waals surface area contributed by atoms with Crippen LogP contribution in [0.4, 0.5) is 5.69 Å². The molecule has 0 unspecified atom stereocenters. The number of rotatable bonds is 5. The first kappa shape index (κ1) is 26.4. The highest BCUT2D eigenvalue weighted by Gasteiger charge is 2.63. The summed E-state index contributed by atoms with van der Waals surface area (Å²) in [6, 6.07) is 34.3. The summed E-state index contributed by atoms with van der Waals surface area (Å²) in [4.78, 5) is 17.1. The van der Waals surface area contributed by atoms with Crippen LogP contribution >= 0.6 is 0 Å². The summed E-state index contributed by atoms with van der Waals surface area (Å²) in [5.41, 5.74) is 4.33. The molecule has 8 rings (SSSR count). The highest BCUT2D eigenvalue weighted by molar-refractivity contribution is 7.93. The molecule has 0 amide bonds. The number of anilines is 1. The first-order valence-electron chi connectivity index (χ1n) is 14.9. The van der Waals surface area contributed by atoms with Gasteiger partial charge in [0.1, 0.15) is 22.8 Å². The van der Waals surface area contributed by atoms with E-state index in [1.807, 2.05) is 91.9 Å². The van der Waals surface area contributed by atoms with Crippen LogP contribution < -0.4 is 4.31 Å². The van der Waals surface area contributed by atoms with Crippen molar-refractivity contribution in [3.63, 3.8) is 0 Å². The maximum absolute atomic E-state index is 14.8. The molecule has 0 N–H and O–H groups in total. The van der Waals surface area contributed by atoms with Gasteiger partial charge >= 0.3 is 0 Å². The number of hydrogen-bond donors (Lipinski definition) is 0. The van der Waals surface area contributed by atoms with E-state index in [1.54, 1.807) is 16.4 Å². The van der Waals surface area contributed by atoms with Crippen molar-refractivity contribution in [2.24, 2.45) is 17.8 Å². The number of furan rings is 1. The third kappa shape index (κ3) is 4.09. The molecular weight excluding hydrogens is 556 g/mol. The van der Waals surface area contributed by atoms with Crippen LogP contribution in [0.2, 0.25) is 0 Å². The number of aryl methyl sites for hydroxylation is 1. The number of carbonyl (C=O) groups excluding carboxylic acids is 1. The molecule has 0 bridgehead atoms. The molecule has 4 aromatic carbocycles. The Morgan fingerprint density at radius 3 is 2.23 bits per heavy atom. The van der Waals surface area contributed by atoms with E-state index < -0.39 is 22.0 Å². The summed E-state index contributed by atoms with van der Waals surface area (Å²) >= 11 is 0. The summed E-state index contributed by atoms with van der Waals surface area (Å²) in [6.07, 6.45) is 0. The van der Waals surface area contributed by atoms with Crippen LogP contribution in [0.25, 0.3) is 11.0 Å². The lowest BCUT2D eigenvalue weighted by Gasteiger charge is -2.43. The van der Waals surface area contributed by atoms with Crippen molar-refractivity contribution in [3.05, 3.63) is 132 Å². The van der Waals surface area contributed by atoms with Gasteiger partial charge < -0.3 is 4.42 Å². The second-order valence-electron chi connectivity index (χ2n) is 12.2. The third-order valence-electron chi connectivity index (χ3n) is 9.66. The van der Waals surface area contributed by atoms with Gasteiger partial charge in [0.15, 0.2) is 0 Å². The van der Waals surface area contributed by atoms with Crippen molar-refractivity contribution in [3.8, 4) is 0 Å². The van der Waals surface area contributed by atoms with Crippen molar-refractivity contribution in [1.29, 1.82) is 0 Å². The van der Waals surface area contributed by atoms with Crippen molar-refractivity contribution in [2.75, 3.05) is 17.4 Å². The summed E-state index contributed by atoms with van der Waals surface area (Å²) < 4.78 is 37.8. The zero-order chi connectivity index (χ0) is 29.3. The van der Waals surface area contributed by atoms with Gasteiger partial charge in [-0.25, -0.2) is 8.42 Å². The molecule has 216 valence electrons. The van der Waals surface area contributed by atoms with Gasteiger partial charge in [-0.2, -0.15) is 0 Å². The van der Waals surface area contributed by atoms with Crippen molar-refractivity contribution < 1.29 is 17.6 Å². The Morgan fingerprint density at radius 2 is 1.49 bits per heavy atom. The number of para-hydroxylation sites is 1. The maximum Gasteiger partial charge on any atom is 0.264 e. The van der Waals surface area contributed by atoms with Crippen LogP contribution in [-0.2, 0) is 21.4 Å². The highest BCUT2D eigenvalue weighted by Crippen LogP contribution is 2.58. The van der Waals surface area contributed by atoms with Gasteiger partial charge in [-0.1, -0.05) is 90.5 Å². The fraction of sp³-hybridized carbons (Fsp3) is 0.250. The number of nitrogens with zero attached hydrogens (tertiary/aromatic N) is 2. The quantitative estimate of drug-likeness (QED) is 0.238. The number of likely N-dealkylation sites (tertiary alicyclic amines) is 1. The van der Waals surface area contributed by atoms with Crippen molar-refractivity contribution in [1.82, 2.24) is 4.90 Å². The van der Waals surface area contributed by atoms with Gasteiger partial charge in [0, 0.05) is 36.9 Å². The Kier molecular flexibility index (Phi) is 6.10. The molecule has 1 aromatic heterocycles. The zero-order valence-corrected chi connectivity index (χ0v) is 24.7. The molecule has 0 spiro atoms. The largest absolute Gasteiger partial charge is 0.458 e. The van der Waals surface area contributed by atoms with E-state index in [2.05, 4.69) is 17.0 Å². The molecule has 1 saturated carbocycles. The van der Waals surface area contributed by atoms with Gasteiger partial charge in [-0.3, -0.25) is 14.0 Å². The summed E-state index contributed by atoms with van der Waals surface area (Å²) in [5, 5.41) is 0.752. The smallest absolute Gasteiger partial charge is 0.264 e. The molecule has 1 saturated heterocycles. The molecule has 2 aliphatic heterocycles. The molecule has 3 heterocycles. The highest BCUT2D eigenvalue weighted by atomic mass is 32.2. The monoisotopic (exact) mass is 588 g/mol. The molecule has 0 radical (unpaired) electrons. The van der Waals surface area contributed by atoms with E-state index in [0.717, 1.165) is 23.1 Å². The lowest BCUT2D eigenvalue weighted by Crippen LogP contribution is -2.52. The van der Waals surface area contributed by atoms with E-state index in [0.29, 0.717) is 30.1 Å². The second kappa shape index (κ2) is 9.93. The normalized spacial score (nSPS) is 25.1. The summed E-state index contributed by atoms with van der Waals surface area (Å²) in [6.45, 7) is 3.94. The molecule has 3 aliphatic rings. The maximum atomic E-state index is 14.8. The number of fused-ring (bicyclic) bond motifs is 6. The number of sulfonamides is 1. The van der Waals surface area contributed by atoms with Crippen LogP contribution in [0, 0.1) is 24.7 Å². The minimum atomic E-state index is -4.05. The van der Waals surface area contributed by atoms with Crippen LogP contribution in [0.15, 0.2) is 119 Å². The molecular formula is C36H32N2O4S. The van der Waals surface area contributed by atoms with E-state index in [9.17, 15) is 13.2 Å². The first-order valence-corrected chi connectivity index (χ1v) is 16.3. The van der Waals surface area contributed by atoms with Crippen LogP contribution in [0.5, 0.6) is 0 Å². The second-order valence-corrected chi connectivity index (χ2v) is 14.0. The lowest BCUT2D eigenvalue weighted by atomic mass is 9.76. The Hall–Kier alpha value is -4.20. The summed E-state index contributed by atoms with van der Waals surface area (Å²) in [5.74, 6) is -0.637. The Balaban J connectivity index is 1.34. The van der Waals surface area contributed by atoms with Gasteiger partial charge in [0.25, 0.3) is 10.0 Å². The van der Waals surface area contributed by atoms with Crippen molar-refractivity contribution in [2.45, 2.75) is 30.3 Å². The van der Waals surface area contributed by atoms with Gasteiger partial charge in [-0.05, 0) is 42.3 Å². The van der Waals surface area contributed by atoms with E-state index in [1.165, 1.54) is 5.56 Å². The topological polar surface area (TPSA) is 70.8 Å². The number of ketones is 1. The Labute approximate surface area is 251 Å². The number of hydrogen-bond acceptors (Lipinski definition) is 5. The Morgan fingerprint density at radius 1 is 0.814 bits per heavy atom. The predicted molar refractivity (Wildman–Crippen MR) is 166 cm³/mol. The minimum absolute atomic E-state index is 0.134. The SMILES string of the molecule is Cc1ccc(S(=O)(=O)N2c3c(oc4ccccc34)[C@@H](c3ccccc3)[C@H]3C(=O)[C@@H]4CN(Cc5ccccc5)C[C@@H]4[C@H]32)cc1. The Bertz CT molecular complexity index is 1940. The fourth-order valence-electron chi connectivity index (χ4n) is 7.82. The molecule has 5 aromatic rings. The lowest BCUT2D eigenvalue weighted by molar-refractivity contribution is -0.124. The average Bonchev–Trinajstić information content (AvgIpc) is 3.69.